The highest BCUT2D eigenvalue weighted by atomic mass is 32.2. The zero-order valence-corrected chi connectivity index (χ0v) is 9.77. The average molecular weight is 237 g/mol. The van der Waals surface area contributed by atoms with Crippen LogP contribution in [0.15, 0.2) is 35.7 Å². The van der Waals surface area contributed by atoms with Crippen molar-refractivity contribution >= 4 is 10.0 Å². The van der Waals surface area contributed by atoms with Gasteiger partial charge in [-0.25, -0.2) is 12.4 Å². The first-order valence-corrected chi connectivity index (χ1v) is 6.13. The van der Waals surface area contributed by atoms with E-state index in [0.717, 1.165) is 15.1 Å². The van der Waals surface area contributed by atoms with E-state index in [1.54, 1.807) is 18.2 Å². The van der Waals surface area contributed by atoms with Crippen molar-refractivity contribution in [2.75, 3.05) is 0 Å². The number of aromatic nitrogens is 3. The van der Waals surface area contributed by atoms with E-state index in [1.807, 2.05) is 13.8 Å². The molecule has 1 aromatic carbocycles. The molecule has 0 atom stereocenters. The molecule has 5 nitrogen and oxygen atoms in total. The smallest absolute Gasteiger partial charge is 0.210 e. The molecule has 0 radical (unpaired) electrons. The second kappa shape index (κ2) is 3.71. The summed E-state index contributed by atoms with van der Waals surface area (Å²) in [4.78, 5) is 0.246. The third-order valence-corrected chi connectivity index (χ3v) is 4.04. The largest absolute Gasteiger partial charge is 0.270 e. The standard InChI is InChI=1S/C10H11N3O2S/c1-8-3-4-10(5-9(8)2)16(14,15)13-6-11-12-7-13/h3-7H,1-2H3. The van der Waals surface area contributed by atoms with E-state index in [0.29, 0.717) is 0 Å². The monoisotopic (exact) mass is 237 g/mol. The molecule has 0 bridgehead atoms. The lowest BCUT2D eigenvalue weighted by Crippen LogP contribution is -2.11. The van der Waals surface area contributed by atoms with Crippen molar-refractivity contribution in [3.8, 4) is 0 Å². The van der Waals surface area contributed by atoms with Gasteiger partial charge in [0.1, 0.15) is 12.7 Å². The molecule has 2 aromatic rings. The van der Waals surface area contributed by atoms with Gasteiger partial charge >= 0.3 is 0 Å². The number of benzene rings is 1. The number of rotatable bonds is 2. The fraction of sp³-hybridized carbons (Fsp3) is 0.200. The van der Waals surface area contributed by atoms with Crippen LogP contribution < -0.4 is 0 Å². The summed E-state index contributed by atoms with van der Waals surface area (Å²) in [6.45, 7) is 3.81. The van der Waals surface area contributed by atoms with Crippen LogP contribution in [0.1, 0.15) is 11.1 Å². The predicted octanol–water partition coefficient (Wildman–Crippen LogP) is 1.13. The Morgan fingerprint density at radius 2 is 1.69 bits per heavy atom. The van der Waals surface area contributed by atoms with E-state index >= 15 is 0 Å². The second-order valence-electron chi connectivity index (χ2n) is 3.54. The van der Waals surface area contributed by atoms with Crippen LogP contribution >= 0.6 is 0 Å². The molecule has 0 fully saturated rings. The summed E-state index contributed by atoms with van der Waals surface area (Å²) in [6.07, 6.45) is 2.34. The summed E-state index contributed by atoms with van der Waals surface area (Å²) in [5, 5.41) is 6.98. The quantitative estimate of drug-likeness (QED) is 0.785. The Bertz CT molecular complexity index is 603. The Hall–Kier alpha value is -1.69. The molecule has 0 aliphatic heterocycles. The predicted molar refractivity (Wildman–Crippen MR) is 58.5 cm³/mol. The minimum absolute atomic E-state index is 0.246. The van der Waals surface area contributed by atoms with Gasteiger partial charge in [0.25, 0.3) is 10.0 Å². The molecule has 16 heavy (non-hydrogen) atoms. The van der Waals surface area contributed by atoms with Crippen molar-refractivity contribution in [2.24, 2.45) is 0 Å². The first-order valence-electron chi connectivity index (χ1n) is 4.69. The number of nitrogens with zero attached hydrogens (tertiary/aromatic N) is 3. The number of hydrogen-bond donors (Lipinski definition) is 0. The molecule has 84 valence electrons. The lowest BCUT2D eigenvalue weighted by atomic mass is 10.1. The molecule has 1 aromatic heterocycles. The van der Waals surface area contributed by atoms with Crippen molar-refractivity contribution in [3.05, 3.63) is 42.0 Å². The molecule has 1 heterocycles. The topological polar surface area (TPSA) is 64.8 Å². The molecule has 0 spiro atoms. The van der Waals surface area contributed by atoms with Crippen LogP contribution in [0, 0.1) is 13.8 Å². The van der Waals surface area contributed by atoms with Gasteiger partial charge in [-0.2, -0.15) is 0 Å². The van der Waals surface area contributed by atoms with Gasteiger partial charge in [0.15, 0.2) is 0 Å². The van der Waals surface area contributed by atoms with Crippen LogP contribution in [0.2, 0.25) is 0 Å². The molecule has 0 aliphatic carbocycles. The maximum Gasteiger partial charge on any atom is 0.270 e. The van der Waals surface area contributed by atoms with Gasteiger partial charge < -0.3 is 0 Å². The molecular formula is C10H11N3O2S. The molecule has 2 rings (SSSR count). The minimum Gasteiger partial charge on any atom is -0.210 e. The Kier molecular flexibility index (Phi) is 2.51. The highest BCUT2D eigenvalue weighted by Gasteiger charge is 2.16. The van der Waals surface area contributed by atoms with Crippen LogP contribution in [0.25, 0.3) is 0 Å². The molecule has 0 unspecified atom stereocenters. The highest BCUT2D eigenvalue weighted by molar-refractivity contribution is 7.90. The van der Waals surface area contributed by atoms with Crippen molar-refractivity contribution in [2.45, 2.75) is 18.7 Å². The SMILES string of the molecule is Cc1ccc(S(=O)(=O)n2cnnc2)cc1C. The Morgan fingerprint density at radius 3 is 2.25 bits per heavy atom. The van der Waals surface area contributed by atoms with Gasteiger partial charge in [0, 0.05) is 0 Å². The summed E-state index contributed by atoms with van der Waals surface area (Å²) in [5.74, 6) is 0. The fourth-order valence-corrected chi connectivity index (χ4v) is 2.45. The van der Waals surface area contributed by atoms with Gasteiger partial charge in [-0.1, -0.05) is 6.07 Å². The van der Waals surface area contributed by atoms with Crippen LogP contribution in [-0.2, 0) is 10.0 Å². The summed E-state index contributed by atoms with van der Waals surface area (Å²) in [5.41, 5.74) is 2.00. The van der Waals surface area contributed by atoms with Crippen molar-refractivity contribution in [1.82, 2.24) is 14.2 Å². The maximum atomic E-state index is 12.0. The van der Waals surface area contributed by atoms with Gasteiger partial charge in [0.2, 0.25) is 0 Å². The minimum atomic E-state index is -3.54. The molecular weight excluding hydrogens is 226 g/mol. The van der Waals surface area contributed by atoms with Gasteiger partial charge in [-0.3, -0.25) is 0 Å². The molecule has 0 aliphatic rings. The first kappa shape index (κ1) is 10.8. The third-order valence-electron chi connectivity index (χ3n) is 2.45. The average Bonchev–Trinajstić information content (AvgIpc) is 2.75. The molecule has 0 amide bonds. The van der Waals surface area contributed by atoms with E-state index in [1.165, 1.54) is 12.7 Å². The Morgan fingerprint density at radius 1 is 1.06 bits per heavy atom. The van der Waals surface area contributed by atoms with Gasteiger partial charge in [-0.05, 0) is 37.1 Å². The van der Waals surface area contributed by atoms with Crippen molar-refractivity contribution < 1.29 is 8.42 Å². The van der Waals surface area contributed by atoms with Crippen molar-refractivity contribution in [3.63, 3.8) is 0 Å². The van der Waals surface area contributed by atoms with Gasteiger partial charge in [0.05, 0.1) is 4.90 Å². The zero-order chi connectivity index (χ0) is 11.8. The number of hydrogen-bond acceptors (Lipinski definition) is 4. The molecule has 0 N–H and O–H groups in total. The summed E-state index contributed by atoms with van der Waals surface area (Å²) >= 11 is 0. The fourth-order valence-electron chi connectivity index (χ4n) is 1.31. The van der Waals surface area contributed by atoms with Crippen LogP contribution in [0.3, 0.4) is 0 Å². The van der Waals surface area contributed by atoms with Crippen LogP contribution in [0.5, 0.6) is 0 Å². The summed E-state index contributed by atoms with van der Waals surface area (Å²) in [7, 11) is -3.54. The highest BCUT2D eigenvalue weighted by Crippen LogP contribution is 2.16. The van der Waals surface area contributed by atoms with E-state index < -0.39 is 10.0 Å². The Balaban J connectivity index is 2.57. The molecule has 6 heteroatoms. The van der Waals surface area contributed by atoms with E-state index in [4.69, 9.17) is 0 Å². The summed E-state index contributed by atoms with van der Waals surface area (Å²) < 4.78 is 25.1. The van der Waals surface area contributed by atoms with Crippen LogP contribution in [-0.4, -0.2) is 22.6 Å². The maximum absolute atomic E-state index is 12.0. The van der Waals surface area contributed by atoms with E-state index in [9.17, 15) is 8.42 Å². The summed E-state index contributed by atoms with van der Waals surface area (Å²) in [6, 6.07) is 5.01. The molecule has 0 saturated carbocycles. The van der Waals surface area contributed by atoms with Crippen molar-refractivity contribution in [1.29, 1.82) is 0 Å². The third kappa shape index (κ3) is 1.71. The second-order valence-corrected chi connectivity index (χ2v) is 5.39. The Labute approximate surface area is 93.8 Å². The lowest BCUT2D eigenvalue weighted by molar-refractivity contribution is 0.587. The zero-order valence-electron chi connectivity index (χ0n) is 8.95. The number of aryl methyl sites for hydroxylation is 2. The first-order chi connectivity index (χ1) is 7.51. The normalized spacial score (nSPS) is 11.6. The van der Waals surface area contributed by atoms with E-state index in [-0.39, 0.29) is 4.90 Å². The van der Waals surface area contributed by atoms with E-state index in [2.05, 4.69) is 10.2 Å². The van der Waals surface area contributed by atoms with Crippen LogP contribution in [0.4, 0.5) is 0 Å². The molecule has 0 saturated heterocycles. The van der Waals surface area contributed by atoms with Gasteiger partial charge in [-0.15, -0.1) is 10.2 Å². The lowest BCUT2D eigenvalue weighted by Gasteiger charge is -2.06.